The topological polar surface area (TPSA) is 84.5 Å². The highest BCUT2D eigenvalue weighted by Crippen LogP contribution is 2.60. The van der Waals surface area contributed by atoms with Crippen molar-refractivity contribution >= 4 is 46.7 Å². The molecule has 0 saturated heterocycles. The molecule has 1 atom stereocenters. The van der Waals surface area contributed by atoms with Gasteiger partial charge in [0.25, 0.3) is 5.91 Å². The molecule has 1 aromatic carbocycles. The minimum absolute atomic E-state index is 0.0404. The number of halogens is 2. The molecule has 2 amide bonds. The summed E-state index contributed by atoms with van der Waals surface area (Å²) >= 11 is 11.9. The Bertz CT molecular complexity index is 837. The molecule has 4 saturated carbocycles. The zero-order chi connectivity index (χ0) is 21.5. The molecule has 0 unspecified atom stereocenters. The summed E-state index contributed by atoms with van der Waals surface area (Å²) in [7, 11) is 0. The fourth-order valence-corrected chi connectivity index (χ4v) is 6.19. The lowest BCUT2D eigenvalue weighted by Crippen LogP contribution is -2.54. The number of anilines is 1. The van der Waals surface area contributed by atoms with Gasteiger partial charge >= 0.3 is 5.97 Å². The normalized spacial score (nSPS) is 29.9. The first-order valence-corrected chi connectivity index (χ1v) is 11.2. The average molecular weight is 453 g/mol. The number of benzene rings is 1. The van der Waals surface area contributed by atoms with Crippen LogP contribution in [0.25, 0.3) is 0 Å². The van der Waals surface area contributed by atoms with Gasteiger partial charge in [-0.05, 0) is 81.4 Å². The summed E-state index contributed by atoms with van der Waals surface area (Å²) in [5.74, 6) is 0.733. The molecule has 5 rings (SSSR count). The quantitative estimate of drug-likeness (QED) is 0.633. The second-order valence-electron chi connectivity index (χ2n) is 9.13. The molecule has 162 valence electrons. The maximum atomic E-state index is 12.9. The highest BCUT2D eigenvalue weighted by molar-refractivity contribution is 6.35. The predicted octanol–water partition coefficient (Wildman–Crippen LogP) is 4.20. The van der Waals surface area contributed by atoms with Crippen LogP contribution in [0.15, 0.2) is 18.2 Å². The predicted molar refractivity (Wildman–Crippen MR) is 114 cm³/mol. The number of carbonyl (C=O) groups is 3. The minimum Gasteiger partial charge on any atom is -0.451 e. The van der Waals surface area contributed by atoms with Crippen molar-refractivity contribution < 1.29 is 19.1 Å². The molecule has 0 aliphatic heterocycles. The molecule has 0 heterocycles. The number of amides is 2. The number of hydrogen-bond acceptors (Lipinski definition) is 4. The van der Waals surface area contributed by atoms with E-state index in [0.717, 1.165) is 19.3 Å². The Morgan fingerprint density at radius 2 is 1.70 bits per heavy atom. The summed E-state index contributed by atoms with van der Waals surface area (Å²) in [4.78, 5) is 37.4. The number of esters is 1. The molecule has 0 radical (unpaired) electrons. The first kappa shape index (κ1) is 21.4. The second kappa shape index (κ2) is 8.39. The zero-order valence-electron chi connectivity index (χ0n) is 16.9. The molecule has 4 fully saturated rings. The van der Waals surface area contributed by atoms with E-state index in [1.54, 1.807) is 12.1 Å². The van der Waals surface area contributed by atoms with E-state index >= 15 is 0 Å². The molecule has 1 aromatic rings. The van der Waals surface area contributed by atoms with Crippen molar-refractivity contribution in [3.8, 4) is 0 Å². The Morgan fingerprint density at radius 1 is 1.10 bits per heavy atom. The Hall–Kier alpha value is -1.79. The third-order valence-corrected chi connectivity index (χ3v) is 7.34. The third kappa shape index (κ3) is 4.45. The van der Waals surface area contributed by atoms with E-state index in [0.29, 0.717) is 33.5 Å². The van der Waals surface area contributed by atoms with Gasteiger partial charge in [-0.2, -0.15) is 0 Å². The molecular formula is C22H26Cl2N2O4. The summed E-state index contributed by atoms with van der Waals surface area (Å²) in [6, 6.07) is 4.69. The summed E-state index contributed by atoms with van der Waals surface area (Å²) in [5, 5.41) is 6.11. The second-order valence-corrected chi connectivity index (χ2v) is 9.97. The first-order chi connectivity index (χ1) is 14.2. The van der Waals surface area contributed by atoms with Crippen LogP contribution in [-0.4, -0.2) is 30.4 Å². The molecule has 0 aromatic heterocycles. The van der Waals surface area contributed by atoms with Gasteiger partial charge in [-0.25, -0.2) is 0 Å². The number of carbonyl (C=O) groups excluding carboxylic acids is 3. The van der Waals surface area contributed by atoms with Crippen molar-refractivity contribution in [2.24, 2.45) is 23.2 Å². The summed E-state index contributed by atoms with van der Waals surface area (Å²) in [5.41, 5.74) is 0.0219. The molecule has 8 heteroatoms. The maximum absolute atomic E-state index is 12.9. The van der Waals surface area contributed by atoms with E-state index in [4.69, 9.17) is 27.9 Å². The summed E-state index contributed by atoms with van der Waals surface area (Å²) in [6.45, 7) is 1.22. The van der Waals surface area contributed by atoms with Crippen LogP contribution in [0.1, 0.15) is 45.4 Å². The van der Waals surface area contributed by atoms with Crippen molar-refractivity contribution in [2.75, 3.05) is 11.9 Å². The molecule has 4 bridgehead atoms. The fourth-order valence-electron chi connectivity index (χ4n) is 5.85. The minimum atomic E-state index is -1.04. The van der Waals surface area contributed by atoms with E-state index in [9.17, 15) is 14.4 Å². The van der Waals surface area contributed by atoms with Gasteiger partial charge in [0.15, 0.2) is 6.10 Å². The summed E-state index contributed by atoms with van der Waals surface area (Å²) in [6.07, 6.45) is 5.49. The van der Waals surface area contributed by atoms with Crippen molar-refractivity contribution in [3.63, 3.8) is 0 Å². The van der Waals surface area contributed by atoms with Gasteiger partial charge in [0.2, 0.25) is 5.91 Å². The van der Waals surface area contributed by atoms with Crippen LogP contribution >= 0.6 is 23.2 Å². The van der Waals surface area contributed by atoms with E-state index in [-0.39, 0.29) is 17.9 Å². The third-order valence-electron chi connectivity index (χ3n) is 6.78. The van der Waals surface area contributed by atoms with E-state index in [1.807, 2.05) is 0 Å². The van der Waals surface area contributed by atoms with Gasteiger partial charge in [-0.1, -0.05) is 23.2 Å². The van der Waals surface area contributed by atoms with E-state index in [1.165, 1.54) is 32.3 Å². The standard InChI is InChI=1S/C22H26Cl2N2O4/c1-12(20(28)26-18-7-16(23)2-3-17(18)24)30-19(27)11-25-21(29)22-8-13-4-14(9-22)6-15(5-13)10-22/h2-3,7,12-15H,4-6,8-11H2,1H3,(H,25,29)(H,26,28)/t12-,13?,14?,15?,22?/m1/s1. The lowest BCUT2D eigenvalue weighted by molar-refractivity contribution is -0.155. The van der Waals surface area contributed by atoms with Gasteiger partial charge in [0, 0.05) is 10.4 Å². The number of ether oxygens (including phenoxy) is 1. The monoisotopic (exact) mass is 452 g/mol. The van der Waals surface area contributed by atoms with E-state index in [2.05, 4.69) is 10.6 Å². The molecule has 4 aliphatic carbocycles. The van der Waals surface area contributed by atoms with Gasteiger partial charge in [-0.15, -0.1) is 0 Å². The van der Waals surface area contributed by atoms with Crippen LogP contribution < -0.4 is 10.6 Å². The lowest BCUT2D eigenvalue weighted by atomic mass is 9.49. The van der Waals surface area contributed by atoms with E-state index < -0.39 is 18.0 Å². The lowest BCUT2D eigenvalue weighted by Gasteiger charge is -2.55. The van der Waals surface area contributed by atoms with Crippen molar-refractivity contribution in [1.82, 2.24) is 5.32 Å². The first-order valence-electron chi connectivity index (χ1n) is 10.5. The zero-order valence-corrected chi connectivity index (χ0v) is 18.4. The smallest absolute Gasteiger partial charge is 0.326 e. The average Bonchev–Trinajstić information content (AvgIpc) is 2.67. The van der Waals surface area contributed by atoms with Gasteiger partial charge in [-0.3, -0.25) is 14.4 Å². The molecule has 4 aliphatic rings. The fraction of sp³-hybridized carbons (Fsp3) is 0.591. The van der Waals surface area contributed by atoms with Crippen LogP contribution in [0.5, 0.6) is 0 Å². The number of hydrogen-bond donors (Lipinski definition) is 2. The van der Waals surface area contributed by atoms with Crippen molar-refractivity contribution in [1.29, 1.82) is 0 Å². The number of nitrogens with one attached hydrogen (secondary N) is 2. The molecule has 30 heavy (non-hydrogen) atoms. The molecule has 2 N–H and O–H groups in total. The molecular weight excluding hydrogens is 427 g/mol. The summed E-state index contributed by atoms with van der Waals surface area (Å²) < 4.78 is 5.18. The largest absolute Gasteiger partial charge is 0.451 e. The van der Waals surface area contributed by atoms with Gasteiger partial charge in [0.05, 0.1) is 10.7 Å². The van der Waals surface area contributed by atoms with Crippen LogP contribution in [0.2, 0.25) is 10.0 Å². The van der Waals surface area contributed by atoms with Crippen molar-refractivity contribution in [3.05, 3.63) is 28.2 Å². The molecule has 0 spiro atoms. The maximum Gasteiger partial charge on any atom is 0.326 e. The Labute approximate surface area is 186 Å². The molecule has 6 nitrogen and oxygen atoms in total. The Balaban J connectivity index is 1.27. The van der Waals surface area contributed by atoms with Crippen LogP contribution in [0.4, 0.5) is 5.69 Å². The van der Waals surface area contributed by atoms with Crippen LogP contribution in [0.3, 0.4) is 0 Å². The van der Waals surface area contributed by atoms with Crippen LogP contribution in [-0.2, 0) is 19.1 Å². The van der Waals surface area contributed by atoms with Crippen LogP contribution in [0, 0.1) is 23.2 Å². The Kier molecular flexibility index (Phi) is 5.99. The number of rotatable bonds is 6. The SMILES string of the molecule is C[C@@H](OC(=O)CNC(=O)C12CC3CC(CC(C3)C1)C2)C(=O)Nc1cc(Cl)ccc1Cl. The Morgan fingerprint density at radius 3 is 2.30 bits per heavy atom. The highest BCUT2D eigenvalue weighted by Gasteiger charge is 2.54. The van der Waals surface area contributed by atoms with Gasteiger partial charge < -0.3 is 15.4 Å². The highest BCUT2D eigenvalue weighted by atomic mass is 35.5. The van der Waals surface area contributed by atoms with Crippen molar-refractivity contribution in [2.45, 2.75) is 51.6 Å². The van der Waals surface area contributed by atoms with Gasteiger partial charge in [0.1, 0.15) is 6.54 Å².